The zero-order chi connectivity index (χ0) is 12.4. The maximum atomic E-state index is 5.82. The van der Waals surface area contributed by atoms with Crippen molar-refractivity contribution in [2.24, 2.45) is 12.8 Å². The summed E-state index contributed by atoms with van der Waals surface area (Å²) < 4.78 is 7.34. The molecule has 1 aliphatic heterocycles. The van der Waals surface area contributed by atoms with Crippen LogP contribution in [0.3, 0.4) is 0 Å². The second-order valence-electron chi connectivity index (χ2n) is 4.64. The van der Waals surface area contributed by atoms with Gasteiger partial charge in [-0.3, -0.25) is 4.68 Å². The lowest BCUT2D eigenvalue weighted by molar-refractivity contribution is 0.0816. The zero-order valence-electron chi connectivity index (χ0n) is 10.9. The van der Waals surface area contributed by atoms with E-state index >= 15 is 0 Å². The van der Waals surface area contributed by atoms with E-state index in [1.807, 2.05) is 18.7 Å². The van der Waals surface area contributed by atoms with Gasteiger partial charge in [0.2, 0.25) is 0 Å². The van der Waals surface area contributed by atoms with E-state index in [4.69, 9.17) is 10.5 Å². The molecule has 1 aromatic heterocycles. The van der Waals surface area contributed by atoms with Crippen molar-refractivity contribution in [1.82, 2.24) is 9.78 Å². The van der Waals surface area contributed by atoms with Crippen LogP contribution in [0, 0.1) is 6.92 Å². The SMILES string of the molecule is COC1CCN(c2c(CN)c(C)nn2C)CC1. The van der Waals surface area contributed by atoms with Gasteiger partial charge < -0.3 is 15.4 Å². The minimum Gasteiger partial charge on any atom is -0.381 e. The number of ether oxygens (including phenoxy) is 1. The van der Waals surface area contributed by atoms with E-state index in [9.17, 15) is 0 Å². The van der Waals surface area contributed by atoms with Crippen LogP contribution >= 0.6 is 0 Å². The highest BCUT2D eigenvalue weighted by Crippen LogP contribution is 2.26. The number of aromatic nitrogens is 2. The van der Waals surface area contributed by atoms with Crippen LogP contribution in [-0.4, -0.2) is 36.1 Å². The van der Waals surface area contributed by atoms with Gasteiger partial charge >= 0.3 is 0 Å². The second kappa shape index (κ2) is 5.06. The van der Waals surface area contributed by atoms with E-state index in [-0.39, 0.29) is 0 Å². The molecule has 17 heavy (non-hydrogen) atoms. The number of aryl methyl sites for hydroxylation is 2. The van der Waals surface area contributed by atoms with Crippen LogP contribution in [0.15, 0.2) is 0 Å². The molecular formula is C12H22N4O. The summed E-state index contributed by atoms with van der Waals surface area (Å²) in [6.07, 6.45) is 2.55. The van der Waals surface area contributed by atoms with Gasteiger partial charge in [-0.2, -0.15) is 5.10 Å². The van der Waals surface area contributed by atoms with Crippen LogP contribution in [0.4, 0.5) is 5.82 Å². The molecule has 0 spiro atoms. The molecular weight excluding hydrogens is 216 g/mol. The summed E-state index contributed by atoms with van der Waals surface area (Å²) in [6, 6.07) is 0. The first-order valence-corrected chi connectivity index (χ1v) is 6.17. The molecule has 0 atom stereocenters. The van der Waals surface area contributed by atoms with Crippen molar-refractivity contribution in [3.8, 4) is 0 Å². The third kappa shape index (κ3) is 2.30. The molecule has 1 aromatic rings. The Balaban J connectivity index is 2.18. The lowest BCUT2D eigenvalue weighted by Crippen LogP contribution is -2.38. The van der Waals surface area contributed by atoms with Gasteiger partial charge in [-0.25, -0.2) is 0 Å². The van der Waals surface area contributed by atoms with Gasteiger partial charge in [-0.1, -0.05) is 0 Å². The summed E-state index contributed by atoms with van der Waals surface area (Å²) in [4.78, 5) is 2.37. The fourth-order valence-corrected chi connectivity index (χ4v) is 2.63. The van der Waals surface area contributed by atoms with Crippen LogP contribution in [0.5, 0.6) is 0 Å². The molecule has 0 amide bonds. The number of piperidine rings is 1. The number of nitrogens with zero attached hydrogens (tertiary/aromatic N) is 3. The van der Waals surface area contributed by atoms with E-state index in [1.165, 1.54) is 11.4 Å². The molecule has 1 fully saturated rings. The number of nitrogens with two attached hydrogens (primary N) is 1. The summed E-state index contributed by atoms with van der Waals surface area (Å²) in [6.45, 7) is 4.61. The van der Waals surface area contributed by atoms with Crippen LogP contribution < -0.4 is 10.6 Å². The maximum absolute atomic E-state index is 5.82. The molecule has 2 rings (SSSR count). The van der Waals surface area contributed by atoms with E-state index in [2.05, 4.69) is 10.00 Å². The Morgan fingerprint density at radius 3 is 2.59 bits per heavy atom. The highest BCUT2D eigenvalue weighted by Gasteiger charge is 2.23. The van der Waals surface area contributed by atoms with Gasteiger partial charge in [0.1, 0.15) is 5.82 Å². The Morgan fingerprint density at radius 1 is 1.41 bits per heavy atom. The Kier molecular flexibility index (Phi) is 3.69. The molecule has 2 N–H and O–H groups in total. The van der Waals surface area contributed by atoms with Gasteiger partial charge in [-0.05, 0) is 19.8 Å². The van der Waals surface area contributed by atoms with Gasteiger partial charge in [0.15, 0.2) is 0 Å². The fourth-order valence-electron chi connectivity index (χ4n) is 2.63. The third-order valence-electron chi connectivity index (χ3n) is 3.59. The molecule has 0 saturated carbocycles. The van der Waals surface area contributed by atoms with Crippen LogP contribution in [-0.2, 0) is 18.3 Å². The first kappa shape index (κ1) is 12.4. The topological polar surface area (TPSA) is 56.3 Å². The summed E-state index contributed by atoms with van der Waals surface area (Å²) in [5.41, 5.74) is 8.03. The maximum Gasteiger partial charge on any atom is 0.131 e. The highest BCUT2D eigenvalue weighted by molar-refractivity contribution is 5.50. The average Bonchev–Trinajstić information content (AvgIpc) is 2.63. The molecule has 5 heteroatoms. The molecule has 2 heterocycles. The van der Waals surface area contributed by atoms with Crippen molar-refractivity contribution in [3.05, 3.63) is 11.3 Å². The van der Waals surface area contributed by atoms with Gasteiger partial charge in [-0.15, -0.1) is 0 Å². The van der Waals surface area contributed by atoms with Crippen molar-refractivity contribution >= 4 is 5.82 Å². The first-order chi connectivity index (χ1) is 8.17. The van der Waals surface area contributed by atoms with E-state index in [1.54, 1.807) is 7.11 Å². The van der Waals surface area contributed by atoms with Gasteiger partial charge in [0, 0.05) is 39.4 Å². The number of methoxy groups -OCH3 is 1. The highest BCUT2D eigenvalue weighted by atomic mass is 16.5. The number of anilines is 1. The largest absolute Gasteiger partial charge is 0.381 e. The quantitative estimate of drug-likeness (QED) is 0.846. The molecule has 0 aromatic carbocycles. The number of hydrogen-bond acceptors (Lipinski definition) is 4. The lowest BCUT2D eigenvalue weighted by Gasteiger charge is -2.33. The predicted octanol–water partition coefficient (Wildman–Crippen LogP) is 0.802. The Labute approximate surface area is 103 Å². The molecule has 5 nitrogen and oxygen atoms in total. The van der Waals surface area contributed by atoms with Crippen molar-refractivity contribution < 1.29 is 4.74 Å². The monoisotopic (exact) mass is 238 g/mol. The lowest BCUT2D eigenvalue weighted by atomic mass is 10.1. The first-order valence-electron chi connectivity index (χ1n) is 6.17. The predicted molar refractivity (Wildman–Crippen MR) is 68.1 cm³/mol. The van der Waals surface area contributed by atoms with Crippen molar-refractivity contribution in [2.75, 3.05) is 25.1 Å². The molecule has 0 aliphatic carbocycles. The average molecular weight is 238 g/mol. The van der Waals surface area contributed by atoms with Crippen LogP contribution in [0.2, 0.25) is 0 Å². The van der Waals surface area contributed by atoms with E-state index in [0.29, 0.717) is 12.6 Å². The smallest absolute Gasteiger partial charge is 0.131 e. The van der Waals surface area contributed by atoms with Crippen molar-refractivity contribution in [3.63, 3.8) is 0 Å². The summed E-state index contributed by atoms with van der Waals surface area (Å²) in [7, 11) is 3.78. The Bertz CT molecular complexity index is 380. The summed E-state index contributed by atoms with van der Waals surface area (Å²) in [5.74, 6) is 1.18. The Morgan fingerprint density at radius 2 is 2.06 bits per heavy atom. The van der Waals surface area contributed by atoms with Gasteiger partial charge in [0.05, 0.1) is 11.8 Å². The Hall–Kier alpha value is -1.07. The summed E-state index contributed by atoms with van der Waals surface area (Å²) >= 11 is 0. The van der Waals surface area contributed by atoms with Crippen LogP contribution in [0.1, 0.15) is 24.1 Å². The van der Waals surface area contributed by atoms with Crippen molar-refractivity contribution in [2.45, 2.75) is 32.4 Å². The number of rotatable bonds is 3. The van der Waals surface area contributed by atoms with E-state index in [0.717, 1.165) is 31.6 Å². The minimum absolute atomic E-state index is 0.405. The molecule has 0 bridgehead atoms. The fraction of sp³-hybridized carbons (Fsp3) is 0.750. The number of hydrogen-bond donors (Lipinski definition) is 1. The van der Waals surface area contributed by atoms with Crippen LogP contribution in [0.25, 0.3) is 0 Å². The molecule has 0 unspecified atom stereocenters. The molecule has 1 saturated heterocycles. The molecule has 0 radical (unpaired) electrons. The van der Waals surface area contributed by atoms with Crippen molar-refractivity contribution in [1.29, 1.82) is 0 Å². The molecule has 96 valence electrons. The standard InChI is InChI=1S/C12H22N4O/c1-9-11(8-13)12(15(2)14-9)16-6-4-10(17-3)5-7-16/h10H,4-8,13H2,1-3H3. The molecule has 1 aliphatic rings. The minimum atomic E-state index is 0.405. The zero-order valence-corrected chi connectivity index (χ0v) is 10.9. The second-order valence-corrected chi connectivity index (χ2v) is 4.64. The summed E-state index contributed by atoms with van der Waals surface area (Å²) in [5, 5.41) is 4.46. The van der Waals surface area contributed by atoms with E-state index < -0.39 is 0 Å². The third-order valence-corrected chi connectivity index (χ3v) is 3.59. The normalized spacial score (nSPS) is 17.8. The van der Waals surface area contributed by atoms with Gasteiger partial charge in [0.25, 0.3) is 0 Å².